The van der Waals surface area contributed by atoms with Crippen molar-refractivity contribution in [2.24, 2.45) is 0 Å². The number of hydrogen-bond donors (Lipinski definition) is 1. The van der Waals surface area contributed by atoms with Gasteiger partial charge in [-0.2, -0.15) is 0 Å². The van der Waals surface area contributed by atoms with E-state index in [1.54, 1.807) is 0 Å². The molecule has 0 radical (unpaired) electrons. The molecule has 0 amide bonds. The zero-order valence-corrected chi connectivity index (χ0v) is 16.6. The van der Waals surface area contributed by atoms with Crippen molar-refractivity contribution < 1.29 is 57.5 Å². The summed E-state index contributed by atoms with van der Waals surface area (Å²) in [4.78, 5) is 57.2. The first-order chi connectivity index (χ1) is 13.4. The van der Waals surface area contributed by atoms with Gasteiger partial charge in [0, 0.05) is 34.6 Å². The fourth-order valence-corrected chi connectivity index (χ4v) is 2.73. The minimum Gasteiger partial charge on any atom is -0.462 e. The van der Waals surface area contributed by atoms with E-state index >= 15 is 0 Å². The smallest absolute Gasteiger partial charge is 0.303 e. The molecule has 0 saturated carbocycles. The van der Waals surface area contributed by atoms with E-state index < -0.39 is 73.3 Å². The Balaban J connectivity index is 3.34. The summed E-state index contributed by atoms with van der Waals surface area (Å²) in [6.45, 7) is 4.84. The largest absolute Gasteiger partial charge is 0.462 e. The Morgan fingerprint density at radius 3 is 1.69 bits per heavy atom. The van der Waals surface area contributed by atoms with Crippen molar-refractivity contribution in [2.75, 3.05) is 6.61 Å². The highest BCUT2D eigenvalue weighted by Gasteiger charge is 2.54. The van der Waals surface area contributed by atoms with Crippen LogP contribution in [0.1, 0.15) is 34.6 Å². The lowest BCUT2D eigenvalue weighted by Crippen LogP contribution is -2.64. The molecule has 1 N–H and O–H groups in total. The third-order valence-electron chi connectivity index (χ3n) is 3.59. The molecule has 1 fully saturated rings. The average Bonchev–Trinajstić information content (AvgIpc) is 2.55. The highest BCUT2D eigenvalue weighted by molar-refractivity contribution is 5.69. The van der Waals surface area contributed by atoms with E-state index in [-0.39, 0.29) is 0 Å². The molecule has 0 bridgehead atoms. The summed E-state index contributed by atoms with van der Waals surface area (Å²) in [6, 6.07) is 0. The molecule has 164 valence electrons. The molecule has 12 heteroatoms. The van der Waals surface area contributed by atoms with Crippen LogP contribution in [-0.2, 0) is 52.4 Å². The summed E-state index contributed by atoms with van der Waals surface area (Å²) in [5.74, 6) is -3.97. The quantitative estimate of drug-likeness (QED) is 0.395. The van der Waals surface area contributed by atoms with Gasteiger partial charge in [-0.3, -0.25) is 24.0 Å². The molecule has 0 aliphatic carbocycles. The fourth-order valence-electron chi connectivity index (χ4n) is 2.73. The number of rotatable bonds is 7. The minimum atomic E-state index is -1.84. The Bertz CT molecular complexity index is 644. The van der Waals surface area contributed by atoms with Gasteiger partial charge in [-0.1, -0.05) is 0 Å². The summed E-state index contributed by atoms with van der Waals surface area (Å²) in [6.07, 6.45) is -9.10. The lowest BCUT2D eigenvalue weighted by molar-refractivity contribution is -0.306. The predicted molar refractivity (Wildman–Crippen MR) is 89.7 cm³/mol. The van der Waals surface area contributed by atoms with Crippen molar-refractivity contribution >= 4 is 29.8 Å². The van der Waals surface area contributed by atoms with E-state index in [0.717, 1.165) is 34.6 Å². The van der Waals surface area contributed by atoms with Gasteiger partial charge in [0.25, 0.3) is 0 Å². The van der Waals surface area contributed by atoms with Gasteiger partial charge in [-0.15, -0.1) is 0 Å². The number of esters is 5. The zero-order chi connectivity index (χ0) is 22.3. The van der Waals surface area contributed by atoms with Crippen LogP contribution in [0.2, 0.25) is 0 Å². The maximum Gasteiger partial charge on any atom is 0.303 e. The Morgan fingerprint density at radius 1 is 0.759 bits per heavy atom. The standard InChI is InChI=1S/C17H24O12/c1-7(18)24-6-12(25-8(2)19)13-14(26-9(3)20)15(27-10(4)21)16(17(23)29-13)28-11(5)22/h12-17,23H,6H2,1-5H3/t12-,13+,14+,15-,16-,17+/m0/s1. The predicted octanol–water partition coefficient (Wildman–Crippen LogP) is -1.01. The number of hydrogen-bond acceptors (Lipinski definition) is 12. The van der Waals surface area contributed by atoms with Crippen LogP contribution in [-0.4, -0.2) is 78.4 Å². The van der Waals surface area contributed by atoms with Gasteiger partial charge in [0.05, 0.1) is 0 Å². The first-order valence-electron chi connectivity index (χ1n) is 8.58. The highest BCUT2D eigenvalue weighted by atomic mass is 16.7. The van der Waals surface area contributed by atoms with Gasteiger partial charge in [0.1, 0.15) is 12.7 Å². The summed E-state index contributed by atoms with van der Waals surface area (Å²) in [5, 5.41) is 10.3. The van der Waals surface area contributed by atoms with E-state index in [9.17, 15) is 29.1 Å². The lowest BCUT2D eigenvalue weighted by atomic mass is 9.94. The third kappa shape index (κ3) is 7.66. The highest BCUT2D eigenvalue weighted by Crippen LogP contribution is 2.30. The van der Waals surface area contributed by atoms with Gasteiger partial charge < -0.3 is 33.5 Å². The number of aliphatic hydroxyl groups excluding tert-OH is 1. The van der Waals surface area contributed by atoms with Crippen LogP contribution in [0, 0.1) is 0 Å². The minimum absolute atomic E-state index is 0.505. The van der Waals surface area contributed by atoms with Gasteiger partial charge in [-0.05, 0) is 0 Å². The molecule has 1 aliphatic rings. The normalized spacial score (nSPS) is 27.2. The summed E-state index contributed by atoms with van der Waals surface area (Å²) < 4.78 is 30.5. The maximum atomic E-state index is 11.6. The molecule has 0 aromatic heterocycles. The first kappa shape index (κ1) is 24.3. The van der Waals surface area contributed by atoms with Gasteiger partial charge in [-0.25, -0.2) is 0 Å². The van der Waals surface area contributed by atoms with E-state index in [0.29, 0.717) is 0 Å². The molecule has 1 saturated heterocycles. The van der Waals surface area contributed by atoms with E-state index in [4.69, 9.17) is 28.4 Å². The van der Waals surface area contributed by atoms with E-state index in [1.807, 2.05) is 0 Å². The van der Waals surface area contributed by atoms with Crippen LogP contribution < -0.4 is 0 Å². The van der Waals surface area contributed by atoms with Gasteiger partial charge in [0.2, 0.25) is 0 Å². The molecule has 6 atom stereocenters. The SMILES string of the molecule is CC(=O)OC[C@H](OC(C)=O)[C@H]1O[C@@H](O)[C@@H](OC(C)=O)[C@@H](OC(C)=O)[C@@H]1OC(C)=O. The van der Waals surface area contributed by atoms with Gasteiger partial charge >= 0.3 is 29.8 Å². The molecule has 0 unspecified atom stereocenters. The van der Waals surface area contributed by atoms with Crippen LogP contribution >= 0.6 is 0 Å². The molecule has 1 heterocycles. The van der Waals surface area contributed by atoms with Gasteiger partial charge in [0.15, 0.2) is 30.7 Å². The Morgan fingerprint density at radius 2 is 1.24 bits per heavy atom. The molecule has 1 rings (SSSR count). The van der Waals surface area contributed by atoms with Crippen LogP contribution in [0.4, 0.5) is 0 Å². The number of carbonyl (C=O) groups excluding carboxylic acids is 5. The second kappa shape index (κ2) is 10.7. The lowest BCUT2D eigenvalue weighted by Gasteiger charge is -2.44. The number of ether oxygens (including phenoxy) is 6. The Hall–Kier alpha value is -2.73. The fraction of sp³-hybridized carbons (Fsp3) is 0.706. The second-order valence-electron chi connectivity index (χ2n) is 6.16. The Labute approximate surface area is 166 Å². The monoisotopic (exact) mass is 420 g/mol. The van der Waals surface area contributed by atoms with Crippen molar-refractivity contribution in [3.63, 3.8) is 0 Å². The molecule has 12 nitrogen and oxygen atoms in total. The molecular formula is C17H24O12. The Kier molecular flexibility index (Phi) is 8.98. The van der Waals surface area contributed by atoms with Crippen molar-refractivity contribution in [1.29, 1.82) is 0 Å². The maximum absolute atomic E-state index is 11.6. The van der Waals surface area contributed by atoms with E-state index in [1.165, 1.54) is 0 Å². The zero-order valence-electron chi connectivity index (χ0n) is 16.6. The molecular weight excluding hydrogens is 396 g/mol. The van der Waals surface area contributed by atoms with E-state index in [2.05, 4.69) is 0 Å². The third-order valence-corrected chi connectivity index (χ3v) is 3.59. The van der Waals surface area contributed by atoms with Crippen LogP contribution in [0.3, 0.4) is 0 Å². The molecule has 0 spiro atoms. The van der Waals surface area contributed by atoms with Crippen molar-refractivity contribution in [3.05, 3.63) is 0 Å². The van der Waals surface area contributed by atoms with Crippen LogP contribution in [0.5, 0.6) is 0 Å². The average molecular weight is 420 g/mol. The first-order valence-corrected chi connectivity index (χ1v) is 8.58. The molecule has 0 aromatic carbocycles. The summed E-state index contributed by atoms with van der Waals surface area (Å²) in [5.41, 5.74) is 0. The number of aliphatic hydroxyl groups is 1. The van der Waals surface area contributed by atoms with Crippen LogP contribution in [0.25, 0.3) is 0 Å². The number of carbonyl (C=O) groups is 5. The van der Waals surface area contributed by atoms with Crippen molar-refractivity contribution in [1.82, 2.24) is 0 Å². The summed E-state index contributed by atoms with van der Waals surface area (Å²) >= 11 is 0. The molecule has 0 aromatic rings. The van der Waals surface area contributed by atoms with Crippen molar-refractivity contribution in [3.8, 4) is 0 Å². The molecule has 1 aliphatic heterocycles. The molecule has 29 heavy (non-hydrogen) atoms. The van der Waals surface area contributed by atoms with Crippen LogP contribution in [0.15, 0.2) is 0 Å². The van der Waals surface area contributed by atoms with Crippen molar-refractivity contribution in [2.45, 2.75) is 71.4 Å². The topological polar surface area (TPSA) is 161 Å². The summed E-state index contributed by atoms with van der Waals surface area (Å²) in [7, 11) is 0. The second-order valence-corrected chi connectivity index (χ2v) is 6.16.